The predicted octanol–water partition coefficient (Wildman–Crippen LogP) is 4.17. The summed E-state index contributed by atoms with van der Waals surface area (Å²) in [6, 6.07) is 4.97. The summed E-state index contributed by atoms with van der Waals surface area (Å²) in [6.07, 6.45) is 4.49. The summed E-state index contributed by atoms with van der Waals surface area (Å²) in [5, 5.41) is 11.7. The van der Waals surface area contributed by atoms with E-state index in [1.54, 1.807) is 6.07 Å². The van der Waals surface area contributed by atoms with Crippen molar-refractivity contribution < 1.29 is 9.34 Å². The number of rotatable bonds is 2. The SMILES string of the molecule is O=[N+]([O-])c1cc(Br)c2oc(C3=CN4CCC3CC4)cc2c1. The van der Waals surface area contributed by atoms with Gasteiger partial charge in [0.1, 0.15) is 11.3 Å². The van der Waals surface area contributed by atoms with Crippen molar-refractivity contribution in [1.29, 1.82) is 0 Å². The van der Waals surface area contributed by atoms with E-state index in [4.69, 9.17) is 4.42 Å². The summed E-state index contributed by atoms with van der Waals surface area (Å²) in [4.78, 5) is 12.9. The van der Waals surface area contributed by atoms with Crippen molar-refractivity contribution in [1.82, 2.24) is 4.90 Å². The highest BCUT2D eigenvalue weighted by molar-refractivity contribution is 9.10. The average molecular weight is 349 g/mol. The van der Waals surface area contributed by atoms with E-state index in [1.165, 1.54) is 11.6 Å². The topological polar surface area (TPSA) is 59.5 Å². The van der Waals surface area contributed by atoms with Crippen molar-refractivity contribution in [3.05, 3.63) is 44.7 Å². The summed E-state index contributed by atoms with van der Waals surface area (Å²) in [7, 11) is 0. The summed E-state index contributed by atoms with van der Waals surface area (Å²) in [6.45, 7) is 2.23. The van der Waals surface area contributed by atoms with Gasteiger partial charge >= 0.3 is 0 Å². The maximum atomic E-state index is 10.9. The van der Waals surface area contributed by atoms with Crippen LogP contribution in [0.1, 0.15) is 18.6 Å². The molecule has 6 heteroatoms. The Labute approximate surface area is 129 Å². The number of fused-ring (bicyclic) bond motifs is 3. The highest BCUT2D eigenvalue weighted by Gasteiger charge is 2.30. The first-order chi connectivity index (χ1) is 10.1. The minimum Gasteiger partial charge on any atom is -0.455 e. The van der Waals surface area contributed by atoms with Crippen LogP contribution in [0.5, 0.6) is 0 Å². The van der Waals surface area contributed by atoms with Gasteiger partial charge in [0, 0.05) is 42.4 Å². The van der Waals surface area contributed by atoms with Crippen molar-refractivity contribution in [2.75, 3.05) is 13.1 Å². The average Bonchev–Trinajstić information content (AvgIpc) is 2.93. The monoisotopic (exact) mass is 348 g/mol. The molecule has 2 aromatic rings. The molecule has 0 aliphatic carbocycles. The molecule has 0 N–H and O–H groups in total. The van der Waals surface area contributed by atoms with Gasteiger partial charge < -0.3 is 9.32 Å². The Kier molecular flexibility index (Phi) is 2.82. The van der Waals surface area contributed by atoms with Crippen LogP contribution in [-0.4, -0.2) is 22.9 Å². The quantitative estimate of drug-likeness (QED) is 0.603. The van der Waals surface area contributed by atoms with Gasteiger partial charge in [-0.3, -0.25) is 10.1 Å². The van der Waals surface area contributed by atoms with Crippen LogP contribution in [0.25, 0.3) is 16.5 Å². The number of benzene rings is 1. The molecule has 2 bridgehead atoms. The first-order valence-corrected chi connectivity index (χ1v) is 7.75. The van der Waals surface area contributed by atoms with E-state index in [0.29, 0.717) is 16.0 Å². The smallest absolute Gasteiger partial charge is 0.271 e. The lowest BCUT2D eigenvalue weighted by Gasteiger charge is -2.38. The Hall–Kier alpha value is -1.82. The van der Waals surface area contributed by atoms with Crippen molar-refractivity contribution in [3.8, 4) is 0 Å². The number of hydrogen-bond acceptors (Lipinski definition) is 4. The molecule has 0 saturated carbocycles. The standard InChI is InChI=1S/C15H13BrN2O3/c16-13-7-11(18(19)20)5-10-6-14(21-15(10)13)12-8-17-3-1-9(12)2-4-17/h5-9H,1-4H2. The lowest BCUT2D eigenvalue weighted by molar-refractivity contribution is -0.384. The second-order valence-corrected chi connectivity index (χ2v) is 6.46. The first kappa shape index (κ1) is 12.9. The number of nitro benzene ring substituents is 1. The molecular formula is C15H13BrN2O3. The van der Waals surface area contributed by atoms with Crippen LogP contribution >= 0.6 is 15.9 Å². The van der Waals surface area contributed by atoms with E-state index in [2.05, 4.69) is 27.0 Å². The normalized spacial score (nSPS) is 18.3. The van der Waals surface area contributed by atoms with Gasteiger partial charge in [-0.15, -0.1) is 0 Å². The van der Waals surface area contributed by atoms with E-state index in [0.717, 1.165) is 37.1 Å². The lowest BCUT2D eigenvalue weighted by atomic mass is 9.84. The molecular weight excluding hydrogens is 336 g/mol. The summed E-state index contributed by atoms with van der Waals surface area (Å²) < 4.78 is 6.59. The predicted molar refractivity (Wildman–Crippen MR) is 82.8 cm³/mol. The fourth-order valence-electron chi connectivity index (χ4n) is 3.25. The van der Waals surface area contributed by atoms with Crippen molar-refractivity contribution in [3.63, 3.8) is 0 Å². The zero-order chi connectivity index (χ0) is 14.6. The summed E-state index contributed by atoms with van der Waals surface area (Å²) in [5.74, 6) is 1.38. The van der Waals surface area contributed by atoms with Crippen LogP contribution in [0.2, 0.25) is 0 Å². The van der Waals surface area contributed by atoms with Gasteiger partial charge in [0.25, 0.3) is 5.69 Å². The Morgan fingerprint density at radius 3 is 2.67 bits per heavy atom. The largest absolute Gasteiger partial charge is 0.455 e. The van der Waals surface area contributed by atoms with Crippen LogP contribution in [0, 0.1) is 16.0 Å². The maximum absolute atomic E-state index is 10.9. The Morgan fingerprint density at radius 2 is 2.05 bits per heavy atom. The second kappa shape index (κ2) is 4.59. The van der Waals surface area contributed by atoms with Gasteiger partial charge in [-0.2, -0.15) is 0 Å². The molecule has 5 nitrogen and oxygen atoms in total. The van der Waals surface area contributed by atoms with Gasteiger partial charge in [-0.25, -0.2) is 0 Å². The molecule has 1 saturated heterocycles. The van der Waals surface area contributed by atoms with Gasteiger partial charge in [-0.05, 0) is 40.8 Å². The Bertz CT molecular complexity index is 773. The number of allylic oxidation sites excluding steroid dienone is 1. The van der Waals surface area contributed by atoms with E-state index in [1.807, 2.05) is 6.07 Å². The van der Waals surface area contributed by atoms with Gasteiger partial charge in [0.05, 0.1) is 9.40 Å². The molecule has 108 valence electrons. The first-order valence-electron chi connectivity index (χ1n) is 6.95. The zero-order valence-electron chi connectivity index (χ0n) is 11.2. The fourth-order valence-corrected chi connectivity index (χ4v) is 3.79. The number of hydrogen-bond donors (Lipinski definition) is 0. The van der Waals surface area contributed by atoms with Crippen molar-refractivity contribution in [2.24, 2.45) is 5.92 Å². The van der Waals surface area contributed by atoms with E-state index in [9.17, 15) is 10.1 Å². The molecule has 0 amide bonds. The maximum Gasteiger partial charge on any atom is 0.271 e. The second-order valence-electron chi connectivity index (χ2n) is 5.61. The molecule has 4 heterocycles. The van der Waals surface area contributed by atoms with E-state index >= 15 is 0 Å². The van der Waals surface area contributed by atoms with E-state index < -0.39 is 0 Å². The molecule has 0 spiro atoms. The fraction of sp³-hybridized carbons (Fsp3) is 0.333. The Morgan fingerprint density at radius 1 is 1.29 bits per heavy atom. The number of piperidine rings is 1. The summed E-state index contributed by atoms with van der Waals surface area (Å²) in [5.41, 5.74) is 1.97. The molecule has 0 atom stereocenters. The highest BCUT2D eigenvalue weighted by atomic mass is 79.9. The van der Waals surface area contributed by atoms with Gasteiger partial charge in [0.2, 0.25) is 0 Å². The van der Waals surface area contributed by atoms with Crippen LogP contribution in [0.15, 0.2) is 33.3 Å². The lowest BCUT2D eigenvalue weighted by Crippen LogP contribution is -2.35. The van der Waals surface area contributed by atoms with Gasteiger partial charge in [0.15, 0.2) is 0 Å². The number of furan rings is 1. The minimum absolute atomic E-state index is 0.0737. The van der Waals surface area contributed by atoms with Gasteiger partial charge in [-0.1, -0.05) is 0 Å². The zero-order valence-corrected chi connectivity index (χ0v) is 12.8. The number of nitrogens with zero attached hydrogens (tertiary/aromatic N) is 2. The minimum atomic E-state index is -0.385. The highest BCUT2D eigenvalue weighted by Crippen LogP contribution is 2.41. The molecule has 1 aromatic carbocycles. The molecule has 1 fully saturated rings. The molecule has 21 heavy (non-hydrogen) atoms. The molecule has 5 rings (SSSR count). The molecule has 3 aliphatic rings. The third kappa shape index (κ3) is 2.05. The third-order valence-electron chi connectivity index (χ3n) is 4.34. The van der Waals surface area contributed by atoms with Crippen LogP contribution < -0.4 is 0 Å². The van der Waals surface area contributed by atoms with Crippen molar-refractivity contribution >= 4 is 38.2 Å². The molecule has 3 aliphatic heterocycles. The van der Waals surface area contributed by atoms with Crippen LogP contribution in [0.3, 0.4) is 0 Å². The third-order valence-corrected chi connectivity index (χ3v) is 4.93. The molecule has 0 unspecified atom stereocenters. The summed E-state index contributed by atoms with van der Waals surface area (Å²) >= 11 is 3.37. The van der Waals surface area contributed by atoms with Crippen LogP contribution in [-0.2, 0) is 0 Å². The van der Waals surface area contributed by atoms with Crippen LogP contribution in [0.4, 0.5) is 5.69 Å². The van der Waals surface area contributed by atoms with E-state index in [-0.39, 0.29) is 10.6 Å². The molecule has 1 aromatic heterocycles. The molecule has 0 radical (unpaired) electrons. The Balaban J connectivity index is 1.84. The number of non-ortho nitro benzene ring substituents is 1. The number of nitro groups is 1. The number of halogens is 1. The van der Waals surface area contributed by atoms with Crippen molar-refractivity contribution in [2.45, 2.75) is 12.8 Å².